The number of hydrogen-bond acceptors (Lipinski definition) is 4. The van der Waals surface area contributed by atoms with Crippen molar-refractivity contribution >= 4 is 33.3 Å². The summed E-state index contributed by atoms with van der Waals surface area (Å²) in [5, 5.41) is 5.43. The molecule has 2 aromatic carbocycles. The highest BCUT2D eigenvalue weighted by atomic mass is 32.2. The zero-order valence-corrected chi connectivity index (χ0v) is 17.8. The number of anilines is 2. The maximum atomic E-state index is 12.6. The van der Waals surface area contributed by atoms with Gasteiger partial charge in [0.25, 0.3) is 5.91 Å². The lowest BCUT2D eigenvalue weighted by Crippen LogP contribution is -2.26. The summed E-state index contributed by atoms with van der Waals surface area (Å²) in [6.45, 7) is 1.69. The predicted octanol–water partition coefficient (Wildman–Crippen LogP) is 2.81. The molecule has 1 unspecified atom stereocenters. The van der Waals surface area contributed by atoms with Crippen LogP contribution < -0.4 is 21.1 Å². The first-order chi connectivity index (χ1) is 14.7. The number of aryl methyl sites for hydroxylation is 1. The fourth-order valence-electron chi connectivity index (χ4n) is 2.97. The molecule has 1 atom stereocenters. The molecule has 162 valence electrons. The highest BCUT2D eigenvalue weighted by Gasteiger charge is 2.22. The first-order valence-electron chi connectivity index (χ1n) is 9.37. The van der Waals surface area contributed by atoms with Gasteiger partial charge in [-0.2, -0.15) is 0 Å². The summed E-state index contributed by atoms with van der Waals surface area (Å²) in [4.78, 5) is 23.4. The first-order valence-corrected chi connectivity index (χ1v) is 10.9. The topological polar surface area (TPSA) is 135 Å². The maximum absolute atomic E-state index is 12.6. The second-order valence-electron chi connectivity index (χ2n) is 6.95. The molecule has 3 amide bonds. The van der Waals surface area contributed by atoms with Crippen LogP contribution in [0.4, 0.5) is 16.2 Å². The van der Waals surface area contributed by atoms with E-state index in [-0.39, 0.29) is 16.6 Å². The van der Waals surface area contributed by atoms with Crippen molar-refractivity contribution in [2.45, 2.75) is 17.9 Å². The van der Waals surface area contributed by atoms with Gasteiger partial charge in [0.05, 0.1) is 0 Å². The van der Waals surface area contributed by atoms with E-state index in [1.807, 2.05) is 18.2 Å². The van der Waals surface area contributed by atoms with Crippen LogP contribution in [0, 0.1) is 0 Å². The Morgan fingerprint density at radius 2 is 1.55 bits per heavy atom. The van der Waals surface area contributed by atoms with Crippen LogP contribution in [0.25, 0.3) is 0 Å². The van der Waals surface area contributed by atoms with Crippen LogP contribution in [0.3, 0.4) is 0 Å². The smallest absolute Gasteiger partial charge is 0.323 e. The van der Waals surface area contributed by atoms with Crippen LogP contribution in [-0.4, -0.2) is 24.9 Å². The van der Waals surface area contributed by atoms with Crippen molar-refractivity contribution in [3.8, 4) is 0 Å². The predicted molar refractivity (Wildman–Crippen MR) is 118 cm³/mol. The molecule has 1 aromatic heterocycles. The summed E-state index contributed by atoms with van der Waals surface area (Å²) < 4.78 is 29.2. The number of benzene rings is 2. The van der Waals surface area contributed by atoms with Crippen molar-refractivity contribution in [2.75, 3.05) is 10.6 Å². The summed E-state index contributed by atoms with van der Waals surface area (Å²) >= 11 is 0. The van der Waals surface area contributed by atoms with Gasteiger partial charge in [-0.25, -0.2) is 17.9 Å². The van der Waals surface area contributed by atoms with Gasteiger partial charge in [-0.15, -0.1) is 0 Å². The standard InChI is InChI=1S/C21H23N5O4S/c1-14(25-31(29,30)18-12-19(20(22)27)26(2)13-18)15-8-10-17(11-9-15)24-21(28)23-16-6-4-3-5-7-16/h3-14,25H,1-2H3,(H2,22,27)(H2,23,24,28). The Bertz CT molecular complexity index is 1190. The lowest BCUT2D eigenvalue weighted by Gasteiger charge is -2.15. The Hall–Kier alpha value is -3.63. The molecular formula is C21H23N5O4S. The number of primary amides is 1. The monoisotopic (exact) mass is 441 g/mol. The van der Waals surface area contributed by atoms with Crippen LogP contribution in [0.1, 0.15) is 29.0 Å². The number of sulfonamides is 1. The van der Waals surface area contributed by atoms with E-state index in [0.717, 1.165) is 0 Å². The molecule has 0 radical (unpaired) electrons. The maximum Gasteiger partial charge on any atom is 0.323 e. The SMILES string of the molecule is CC(NS(=O)(=O)c1cc(C(N)=O)n(C)c1)c1ccc(NC(=O)Nc2ccccc2)cc1. The third-order valence-electron chi connectivity index (χ3n) is 4.57. The van der Waals surface area contributed by atoms with Gasteiger partial charge in [0.1, 0.15) is 10.6 Å². The van der Waals surface area contributed by atoms with E-state index in [9.17, 15) is 18.0 Å². The summed E-state index contributed by atoms with van der Waals surface area (Å²) in [5.41, 5.74) is 7.26. The van der Waals surface area contributed by atoms with Crippen molar-refractivity contribution in [2.24, 2.45) is 12.8 Å². The third kappa shape index (κ3) is 5.50. The van der Waals surface area contributed by atoms with E-state index in [2.05, 4.69) is 15.4 Å². The number of carbonyl (C=O) groups is 2. The Kier molecular flexibility index (Phi) is 6.42. The van der Waals surface area contributed by atoms with Gasteiger partial charge in [-0.1, -0.05) is 30.3 Å². The average molecular weight is 442 g/mol. The quantitative estimate of drug-likeness (QED) is 0.448. The lowest BCUT2D eigenvalue weighted by atomic mass is 10.1. The number of carbonyl (C=O) groups excluding carboxylic acids is 2. The number of aromatic nitrogens is 1. The second-order valence-corrected chi connectivity index (χ2v) is 8.66. The molecule has 0 fully saturated rings. The van der Waals surface area contributed by atoms with Crippen LogP contribution in [-0.2, 0) is 17.1 Å². The number of para-hydroxylation sites is 1. The molecule has 9 nitrogen and oxygen atoms in total. The zero-order valence-electron chi connectivity index (χ0n) is 17.0. The minimum atomic E-state index is -3.86. The Balaban J connectivity index is 1.64. The van der Waals surface area contributed by atoms with E-state index in [4.69, 9.17) is 5.73 Å². The van der Waals surface area contributed by atoms with E-state index in [1.54, 1.807) is 50.4 Å². The molecule has 0 saturated carbocycles. The number of nitrogens with zero attached hydrogens (tertiary/aromatic N) is 1. The largest absolute Gasteiger partial charge is 0.364 e. The van der Waals surface area contributed by atoms with Crippen LogP contribution >= 0.6 is 0 Å². The molecule has 1 heterocycles. The van der Waals surface area contributed by atoms with E-state index in [1.165, 1.54) is 16.8 Å². The normalized spacial score (nSPS) is 12.2. The van der Waals surface area contributed by atoms with Gasteiger partial charge in [0.2, 0.25) is 10.0 Å². The van der Waals surface area contributed by atoms with Crippen molar-refractivity contribution in [3.63, 3.8) is 0 Å². The Morgan fingerprint density at radius 3 is 2.10 bits per heavy atom. The molecule has 10 heteroatoms. The number of nitrogens with one attached hydrogen (secondary N) is 3. The summed E-state index contributed by atoms with van der Waals surface area (Å²) in [7, 11) is -2.32. The first kappa shape index (κ1) is 22.1. The highest BCUT2D eigenvalue weighted by molar-refractivity contribution is 7.89. The molecule has 0 spiro atoms. The van der Waals surface area contributed by atoms with Gasteiger partial charge in [0, 0.05) is 30.7 Å². The molecule has 3 rings (SSSR count). The van der Waals surface area contributed by atoms with Gasteiger partial charge >= 0.3 is 6.03 Å². The number of rotatable bonds is 7. The van der Waals surface area contributed by atoms with Gasteiger partial charge in [0.15, 0.2) is 0 Å². The Labute approximate surface area is 180 Å². The molecular weight excluding hydrogens is 418 g/mol. The van der Waals surface area contributed by atoms with Crippen molar-refractivity contribution in [1.82, 2.24) is 9.29 Å². The van der Waals surface area contributed by atoms with E-state index in [0.29, 0.717) is 16.9 Å². The van der Waals surface area contributed by atoms with Crippen molar-refractivity contribution in [3.05, 3.63) is 78.1 Å². The third-order valence-corrected chi connectivity index (χ3v) is 6.08. The Morgan fingerprint density at radius 1 is 0.968 bits per heavy atom. The second kappa shape index (κ2) is 9.02. The van der Waals surface area contributed by atoms with Crippen LogP contribution in [0.5, 0.6) is 0 Å². The number of hydrogen-bond donors (Lipinski definition) is 4. The fourth-order valence-corrected chi connectivity index (χ4v) is 4.27. The van der Waals surface area contributed by atoms with Crippen molar-refractivity contribution in [1.29, 1.82) is 0 Å². The molecule has 0 aliphatic heterocycles. The summed E-state index contributed by atoms with van der Waals surface area (Å²) in [5.74, 6) is -0.712. The molecule has 0 aliphatic carbocycles. The van der Waals surface area contributed by atoms with Crippen LogP contribution in [0.2, 0.25) is 0 Å². The number of nitrogens with two attached hydrogens (primary N) is 1. The minimum Gasteiger partial charge on any atom is -0.364 e. The number of urea groups is 1. The van der Waals surface area contributed by atoms with E-state index >= 15 is 0 Å². The lowest BCUT2D eigenvalue weighted by molar-refractivity contribution is 0.0992. The molecule has 0 bridgehead atoms. The fraction of sp³-hybridized carbons (Fsp3) is 0.143. The molecule has 5 N–H and O–H groups in total. The van der Waals surface area contributed by atoms with Crippen LogP contribution in [0.15, 0.2) is 71.8 Å². The average Bonchev–Trinajstić information content (AvgIpc) is 3.12. The summed E-state index contributed by atoms with van der Waals surface area (Å²) in [6.07, 6.45) is 1.33. The van der Waals surface area contributed by atoms with Gasteiger partial charge < -0.3 is 20.9 Å². The summed E-state index contributed by atoms with van der Waals surface area (Å²) in [6, 6.07) is 16.1. The van der Waals surface area contributed by atoms with Gasteiger partial charge in [-0.05, 0) is 42.8 Å². The minimum absolute atomic E-state index is 0.0495. The molecule has 0 saturated heterocycles. The van der Waals surface area contributed by atoms with Gasteiger partial charge in [-0.3, -0.25) is 4.79 Å². The molecule has 0 aliphatic rings. The van der Waals surface area contributed by atoms with E-state index < -0.39 is 22.0 Å². The highest BCUT2D eigenvalue weighted by Crippen LogP contribution is 2.20. The molecule has 31 heavy (non-hydrogen) atoms. The molecule has 3 aromatic rings. The number of amides is 3. The zero-order chi connectivity index (χ0) is 22.6. The van der Waals surface area contributed by atoms with Crippen molar-refractivity contribution < 1.29 is 18.0 Å².